The molecule has 0 bridgehead atoms. The van der Waals surface area contributed by atoms with E-state index in [0.717, 1.165) is 6.07 Å². The minimum Gasteiger partial charge on any atom is -0.399 e. The first-order chi connectivity index (χ1) is 8.83. The number of benzene rings is 1. The van der Waals surface area contributed by atoms with Gasteiger partial charge in [0.05, 0.1) is 10.6 Å². The maximum atomic E-state index is 13.8. The van der Waals surface area contributed by atoms with E-state index in [2.05, 4.69) is 20.7 Å². The summed E-state index contributed by atoms with van der Waals surface area (Å²) in [7, 11) is -2.34. The summed E-state index contributed by atoms with van der Waals surface area (Å²) in [5.41, 5.74) is 5.71. The normalized spacial score (nSPS) is 23.1. The van der Waals surface area contributed by atoms with E-state index in [9.17, 15) is 12.8 Å². The van der Waals surface area contributed by atoms with Gasteiger partial charge in [0.25, 0.3) is 0 Å². The van der Waals surface area contributed by atoms with E-state index in [0.29, 0.717) is 12.8 Å². The second-order valence-electron chi connectivity index (χ2n) is 4.46. The molecule has 3 N–H and O–H groups in total. The maximum Gasteiger partial charge on any atom is 0.243 e. The van der Waals surface area contributed by atoms with E-state index in [4.69, 9.17) is 10.5 Å². The zero-order valence-corrected chi connectivity index (χ0v) is 12.6. The number of hydrogen-bond acceptors (Lipinski definition) is 4. The van der Waals surface area contributed by atoms with Gasteiger partial charge in [0.1, 0.15) is 4.90 Å². The lowest BCUT2D eigenvalue weighted by atomic mass is 9.90. The molecule has 19 heavy (non-hydrogen) atoms. The molecule has 0 radical (unpaired) electrons. The van der Waals surface area contributed by atoms with Crippen LogP contribution in [0.25, 0.3) is 0 Å². The van der Waals surface area contributed by atoms with Crippen molar-refractivity contribution in [2.24, 2.45) is 0 Å². The van der Waals surface area contributed by atoms with Gasteiger partial charge in [-0.3, -0.25) is 0 Å². The number of nitrogens with two attached hydrogens (primary N) is 1. The first-order valence-corrected chi connectivity index (χ1v) is 7.90. The van der Waals surface area contributed by atoms with Crippen LogP contribution in [-0.4, -0.2) is 27.7 Å². The zero-order chi connectivity index (χ0) is 14.2. The Balaban J connectivity index is 2.21. The molecule has 0 aliphatic heterocycles. The Kier molecular flexibility index (Phi) is 4.14. The highest BCUT2D eigenvalue weighted by Gasteiger charge is 2.34. The smallest absolute Gasteiger partial charge is 0.243 e. The fraction of sp³-hybridized carbons (Fsp3) is 0.455. The Labute approximate surface area is 119 Å². The average Bonchev–Trinajstić information content (AvgIpc) is 2.27. The van der Waals surface area contributed by atoms with Gasteiger partial charge in [-0.2, -0.15) is 0 Å². The molecule has 1 aromatic carbocycles. The molecule has 0 unspecified atom stereocenters. The summed E-state index contributed by atoms with van der Waals surface area (Å²) in [6, 6.07) is 2.20. The van der Waals surface area contributed by atoms with Crippen LogP contribution < -0.4 is 10.5 Å². The van der Waals surface area contributed by atoms with Crippen molar-refractivity contribution in [1.29, 1.82) is 0 Å². The van der Waals surface area contributed by atoms with E-state index in [1.807, 2.05) is 0 Å². The average molecular weight is 353 g/mol. The minimum absolute atomic E-state index is 0.0243. The van der Waals surface area contributed by atoms with E-state index in [1.54, 1.807) is 7.11 Å². The van der Waals surface area contributed by atoms with Gasteiger partial charge < -0.3 is 10.5 Å². The van der Waals surface area contributed by atoms with Gasteiger partial charge in [0, 0.05) is 18.8 Å². The Bertz CT molecular complexity index is 588. The van der Waals surface area contributed by atoms with Gasteiger partial charge in [-0.1, -0.05) is 0 Å². The highest BCUT2D eigenvalue weighted by atomic mass is 79.9. The van der Waals surface area contributed by atoms with Crippen LogP contribution in [0.4, 0.5) is 10.1 Å². The molecule has 1 aliphatic rings. The Morgan fingerprint density at radius 3 is 2.68 bits per heavy atom. The monoisotopic (exact) mass is 352 g/mol. The van der Waals surface area contributed by atoms with Crippen LogP contribution in [0, 0.1) is 5.82 Å². The summed E-state index contributed by atoms with van der Waals surface area (Å²) in [5.74, 6) is -0.843. The molecule has 0 heterocycles. The molecule has 1 aromatic rings. The summed E-state index contributed by atoms with van der Waals surface area (Å²) < 4.78 is 45.6. The van der Waals surface area contributed by atoms with E-state index in [1.165, 1.54) is 6.07 Å². The van der Waals surface area contributed by atoms with Crippen molar-refractivity contribution >= 4 is 31.6 Å². The van der Waals surface area contributed by atoms with Crippen molar-refractivity contribution in [1.82, 2.24) is 4.72 Å². The summed E-state index contributed by atoms with van der Waals surface area (Å²) >= 11 is 2.94. The predicted octanol–water partition coefficient (Wildman–Crippen LogP) is 1.63. The van der Waals surface area contributed by atoms with Crippen LogP contribution in [0.1, 0.15) is 12.8 Å². The third-order valence-electron chi connectivity index (χ3n) is 3.06. The van der Waals surface area contributed by atoms with Gasteiger partial charge in [0.2, 0.25) is 10.0 Å². The molecule has 0 amide bonds. The number of nitrogen functional groups attached to an aromatic ring is 1. The Hall–Kier alpha value is -0.700. The standard InChI is InChI=1S/C11H14BrFN2O3S/c1-18-8-4-7(5-8)15-19(16,17)10-3-6(14)2-9(12)11(10)13/h2-3,7-8,15H,4-5,14H2,1H3. The summed E-state index contributed by atoms with van der Waals surface area (Å²) in [6.07, 6.45) is 1.23. The fourth-order valence-corrected chi connectivity index (χ4v) is 3.92. The fourth-order valence-electron chi connectivity index (χ4n) is 1.92. The lowest BCUT2D eigenvalue weighted by Gasteiger charge is -2.34. The Morgan fingerprint density at radius 1 is 1.47 bits per heavy atom. The number of methoxy groups -OCH3 is 1. The van der Waals surface area contributed by atoms with Gasteiger partial charge in [-0.25, -0.2) is 17.5 Å². The molecule has 8 heteroatoms. The Morgan fingerprint density at radius 2 is 2.11 bits per heavy atom. The number of anilines is 1. The lowest BCUT2D eigenvalue weighted by molar-refractivity contribution is 0.0236. The number of halogens is 2. The number of rotatable bonds is 4. The number of hydrogen-bond donors (Lipinski definition) is 2. The predicted molar refractivity (Wildman–Crippen MR) is 72.7 cm³/mol. The van der Waals surface area contributed by atoms with Crippen LogP contribution in [0.2, 0.25) is 0 Å². The topological polar surface area (TPSA) is 81.4 Å². The molecule has 0 saturated heterocycles. The second kappa shape index (κ2) is 5.35. The summed E-state index contributed by atoms with van der Waals surface area (Å²) in [5, 5.41) is 0. The molecule has 2 rings (SSSR count). The largest absolute Gasteiger partial charge is 0.399 e. The molecule has 5 nitrogen and oxygen atoms in total. The summed E-state index contributed by atoms with van der Waals surface area (Å²) in [4.78, 5) is -0.444. The molecule has 1 aliphatic carbocycles. The number of sulfonamides is 1. The highest BCUT2D eigenvalue weighted by Crippen LogP contribution is 2.28. The minimum atomic E-state index is -3.92. The molecule has 0 aromatic heterocycles. The van der Waals surface area contributed by atoms with Gasteiger partial charge in [-0.05, 0) is 40.9 Å². The number of nitrogens with one attached hydrogen (secondary N) is 1. The highest BCUT2D eigenvalue weighted by molar-refractivity contribution is 9.10. The first kappa shape index (κ1) is 14.7. The van der Waals surface area contributed by atoms with Crippen molar-refractivity contribution < 1.29 is 17.5 Å². The molecule has 0 atom stereocenters. The van der Waals surface area contributed by atoms with Gasteiger partial charge in [0.15, 0.2) is 5.82 Å². The second-order valence-corrected chi connectivity index (χ2v) is 7.00. The van der Waals surface area contributed by atoms with Crippen molar-refractivity contribution in [2.75, 3.05) is 12.8 Å². The van der Waals surface area contributed by atoms with Crippen molar-refractivity contribution in [3.05, 3.63) is 22.4 Å². The van der Waals surface area contributed by atoms with Crippen LogP contribution in [0.5, 0.6) is 0 Å². The molecule has 1 fully saturated rings. The van der Waals surface area contributed by atoms with E-state index < -0.39 is 20.7 Å². The summed E-state index contributed by atoms with van der Waals surface area (Å²) in [6.45, 7) is 0. The van der Waals surface area contributed by atoms with Gasteiger partial charge in [-0.15, -0.1) is 0 Å². The van der Waals surface area contributed by atoms with Crippen LogP contribution in [0.15, 0.2) is 21.5 Å². The van der Waals surface area contributed by atoms with Gasteiger partial charge >= 0.3 is 0 Å². The molecule has 1 saturated carbocycles. The molecule has 0 spiro atoms. The van der Waals surface area contributed by atoms with Crippen molar-refractivity contribution in [3.8, 4) is 0 Å². The van der Waals surface area contributed by atoms with Crippen LogP contribution in [0.3, 0.4) is 0 Å². The SMILES string of the molecule is COC1CC(NS(=O)(=O)c2cc(N)cc(Br)c2F)C1. The van der Waals surface area contributed by atoms with Crippen LogP contribution in [-0.2, 0) is 14.8 Å². The molecular formula is C11H14BrFN2O3S. The first-order valence-electron chi connectivity index (χ1n) is 5.63. The quantitative estimate of drug-likeness (QED) is 0.807. The lowest BCUT2D eigenvalue weighted by Crippen LogP contribution is -2.47. The maximum absolute atomic E-state index is 13.8. The zero-order valence-electron chi connectivity index (χ0n) is 10.2. The third kappa shape index (κ3) is 3.07. The third-order valence-corrected chi connectivity index (χ3v) is 5.15. The number of ether oxygens (including phenoxy) is 1. The van der Waals surface area contributed by atoms with Crippen LogP contribution >= 0.6 is 15.9 Å². The molecule has 106 valence electrons. The van der Waals surface area contributed by atoms with Crippen molar-refractivity contribution in [2.45, 2.75) is 29.9 Å². The van der Waals surface area contributed by atoms with E-state index >= 15 is 0 Å². The molecular weight excluding hydrogens is 339 g/mol. The van der Waals surface area contributed by atoms with E-state index in [-0.39, 0.29) is 22.3 Å². The van der Waals surface area contributed by atoms with Crippen molar-refractivity contribution in [3.63, 3.8) is 0 Å².